The lowest BCUT2D eigenvalue weighted by atomic mass is 10.1. The van der Waals surface area contributed by atoms with Gasteiger partial charge in [-0.1, -0.05) is 6.07 Å². The minimum absolute atomic E-state index is 0.00417. The van der Waals surface area contributed by atoms with E-state index in [0.717, 1.165) is 10.6 Å². The van der Waals surface area contributed by atoms with Gasteiger partial charge in [-0.3, -0.25) is 24.3 Å². The van der Waals surface area contributed by atoms with Gasteiger partial charge in [-0.2, -0.15) is 15.0 Å². The number of nitrogens with zero attached hydrogens (tertiary/aromatic N) is 4. The molecule has 9 nitrogen and oxygen atoms in total. The van der Waals surface area contributed by atoms with Gasteiger partial charge in [0.05, 0.1) is 16.8 Å². The van der Waals surface area contributed by atoms with Crippen molar-refractivity contribution in [2.24, 2.45) is 7.05 Å². The number of aryl methyl sites for hydroxylation is 1. The average Bonchev–Trinajstić information content (AvgIpc) is 2.99. The highest BCUT2D eigenvalue weighted by atomic mass is 16.2. The van der Waals surface area contributed by atoms with E-state index in [4.69, 9.17) is 5.73 Å². The highest BCUT2D eigenvalue weighted by molar-refractivity contribution is 6.23. The standard InChI is InChI=1S/C14H10N6O3/c1-19-17-7-3-2-4-8(11(7)18-19)20-9(21)5-6-10(12(20)15)14(23)16-13(6)22/h2-5H,15H2,1H3,(H,16,22,23). The lowest BCUT2D eigenvalue weighted by Crippen LogP contribution is -2.24. The van der Waals surface area contributed by atoms with Crippen molar-refractivity contribution >= 4 is 28.7 Å². The lowest BCUT2D eigenvalue weighted by Gasteiger charge is -2.11. The van der Waals surface area contributed by atoms with E-state index in [9.17, 15) is 14.4 Å². The van der Waals surface area contributed by atoms with Gasteiger partial charge < -0.3 is 5.73 Å². The summed E-state index contributed by atoms with van der Waals surface area (Å²) in [7, 11) is 1.66. The summed E-state index contributed by atoms with van der Waals surface area (Å²) in [6.07, 6.45) is 0. The van der Waals surface area contributed by atoms with Crippen molar-refractivity contribution in [3.8, 4) is 5.69 Å². The molecule has 3 heterocycles. The molecule has 3 aromatic rings. The average molecular weight is 310 g/mol. The van der Waals surface area contributed by atoms with Gasteiger partial charge in [-0.05, 0) is 12.1 Å². The third-order valence-corrected chi connectivity index (χ3v) is 3.68. The second-order valence-corrected chi connectivity index (χ2v) is 5.11. The molecule has 2 aromatic heterocycles. The van der Waals surface area contributed by atoms with E-state index in [1.54, 1.807) is 25.2 Å². The number of imide groups is 1. The van der Waals surface area contributed by atoms with Gasteiger partial charge >= 0.3 is 0 Å². The van der Waals surface area contributed by atoms with Crippen LogP contribution in [0.25, 0.3) is 16.7 Å². The molecule has 23 heavy (non-hydrogen) atoms. The molecule has 0 unspecified atom stereocenters. The van der Waals surface area contributed by atoms with Crippen LogP contribution in [0.3, 0.4) is 0 Å². The number of amides is 2. The lowest BCUT2D eigenvalue weighted by molar-refractivity contribution is 0.0880. The van der Waals surface area contributed by atoms with Crippen molar-refractivity contribution in [1.82, 2.24) is 24.9 Å². The Balaban J connectivity index is 2.11. The van der Waals surface area contributed by atoms with Gasteiger partial charge in [0.2, 0.25) is 0 Å². The monoisotopic (exact) mass is 310 g/mol. The van der Waals surface area contributed by atoms with Gasteiger partial charge in [0.25, 0.3) is 17.4 Å². The first kappa shape index (κ1) is 13.2. The van der Waals surface area contributed by atoms with Gasteiger partial charge in [0.1, 0.15) is 16.9 Å². The second kappa shape index (κ2) is 4.26. The van der Waals surface area contributed by atoms with E-state index in [2.05, 4.69) is 15.5 Å². The SMILES string of the molecule is Cn1nc2cccc(-n3c(N)c4c(cc3=O)C(=O)NC4=O)c2n1. The first-order chi connectivity index (χ1) is 11.0. The van der Waals surface area contributed by atoms with Crippen LogP contribution in [0.5, 0.6) is 0 Å². The molecule has 114 valence electrons. The number of hydrogen-bond donors (Lipinski definition) is 2. The van der Waals surface area contributed by atoms with Crippen LogP contribution in [0.1, 0.15) is 20.7 Å². The Morgan fingerprint density at radius 3 is 2.70 bits per heavy atom. The van der Waals surface area contributed by atoms with Crippen LogP contribution in [-0.2, 0) is 7.05 Å². The third-order valence-electron chi connectivity index (χ3n) is 3.68. The topological polar surface area (TPSA) is 125 Å². The molecule has 4 rings (SSSR count). The smallest absolute Gasteiger partial charge is 0.262 e. The van der Waals surface area contributed by atoms with Gasteiger partial charge in [0, 0.05) is 13.1 Å². The summed E-state index contributed by atoms with van der Waals surface area (Å²) in [5.41, 5.74) is 6.91. The number of aromatic nitrogens is 4. The number of hydrogen-bond acceptors (Lipinski definition) is 6. The fraction of sp³-hybridized carbons (Fsp3) is 0.0714. The predicted octanol–water partition coefficient (Wildman–Crippen LogP) is -0.415. The molecule has 0 fully saturated rings. The highest BCUT2D eigenvalue weighted by Crippen LogP contribution is 2.25. The molecule has 0 radical (unpaired) electrons. The maximum Gasteiger partial charge on any atom is 0.262 e. The molecular formula is C14H10N6O3. The van der Waals surface area contributed by atoms with Crippen LogP contribution < -0.4 is 16.6 Å². The summed E-state index contributed by atoms with van der Waals surface area (Å²) in [6, 6.07) is 6.20. The summed E-state index contributed by atoms with van der Waals surface area (Å²) in [5.74, 6) is -1.35. The van der Waals surface area contributed by atoms with Crippen molar-refractivity contribution in [3.05, 3.63) is 45.7 Å². The summed E-state index contributed by atoms with van der Waals surface area (Å²) >= 11 is 0. The highest BCUT2D eigenvalue weighted by Gasteiger charge is 2.32. The second-order valence-electron chi connectivity index (χ2n) is 5.11. The number of nitrogen functional groups attached to an aromatic ring is 1. The zero-order valence-corrected chi connectivity index (χ0v) is 11.9. The minimum atomic E-state index is -0.626. The molecule has 1 aliphatic rings. The minimum Gasteiger partial charge on any atom is -0.384 e. The number of nitrogens with two attached hydrogens (primary N) is 1. The maximum atomic E-state index is 12.4. The Morgan fingerprint density at radius 2 is 1.91 bits per heavy atom. The molecular weight excluding hydrogens is 300 g/mol. The van der Waals surface area contributed by atoms with E-state index in [1.165, 1.54) is 4.80 Å². The van der Waals surface area contributed by atoms with Gasteiger partial charge in [-0.15, -0.1) is 0 Å². The Morgan fingerprint density at radius 1 is 1.13 bits per heavy atom. The molecule has 9 heteroatoms. The first-order valence-corrected chi connectivity index (χ1v) is 6.69. The molecule has 0 aliphatic carbocycles. The zero-order chi connectivity index (χ0) is 16.3. The van der Waals surface area contributed by atoms with Crippen molar-refractivity contribution in [3.63, 3.8) is 0 Å². The summed E-state index contributed by atoms with van der Waals surface area (Å²) in [5, 5.41) is 10.5. The van der Waals surface area contributed by atoms with E-state index in [1.807, 2.05) is 0 Å². The van der Waals surface area contributed by atoms with Gasteiger partial charge in [0.15, 0.2) is 0 Å². The van der Waals surface area contributed by atoms with Crippen LogP contribution in [0.15, 0.2) is 29.1 Å². The van der Waals surface area contributed by atoms with Crippen molar-refractivity contribution in [1.29, 1.82) is 0 Å². The van der Waals surface area contributed by atoms with Crippen LogP contribution >= 0.6 is 0 Å². The fourth-order valence-corrected chi connectivity index (χ4v) is 2.73. The first-order valence-electron chi connectivity index (χ1n) is 6.69. The maximum absolute atomic E-state index is 12.4. The molecule has 0 bridgehead atoms. The normalized spacial score (nSPS) is 13.4. The van der Waals surface area contributed by atoms with Crippen molar-refractivity contribution in [2.75, 3.05) is 5.73 Å². The third kappa shape index (κ3) is 1.70. The van der Waals surface area contributed by atoms with Crippen molar-refractivity contribution < 1.29 is 9.59 Å². The molecule has 0 spiro atoms. The number of anilines is 1. The Bertz CT molecular complexity index is 1080. The molecule has 2 amide bonds. The van der Waals surface area contributed by atoms with Crippen LogP contribution in [0.2, 0.25) is 0 Å². The molecule has 1 aromatic carbocycles. The molecule has 0 saturated heterocycles. The Labute approximate surface area is 128 Å². The largest absolute Gasteiger partial charge is 0.384 e. The summed E-state index contributed by atoms with van der Waals surface area (Å²) in [4.78, 5) is 37.4. The molecule has 3 N–H and O–H groups in total. The number of pyridine rings is 1. The van der Waals surface area contributed by atoms with E-state index < -0.39 is 17.4 Å². The van der Waals surface area contributed by atoms with Crippen LogP contribution in [0.4, 0.5) is 5.82 Å². The summed E-state index contributed by atoms with van der Waals surface area (Å²) < 4.78 is 1.16. The number of rotatable bonds is 1. The Hall–Kier alpha value is -3.49. The summed E-state index contributed by atoms with van der Waals surface area (Å²) in [6.45, 7) is 0. The zero-order valence-electron chi connectivity index (χ0n) is 11.9. The van der Waals surface area contributed by atoms with Crippen molar-refractivity contribution in [2.45, 2.75) is 0 Å². The van der Waals surface area contributed by atoms with Crippen LogP contribution in [0, 0.1) is 0 Å². The number of carbonyl (C=O) groups is 2. The molecule has 0 saturated carbocycles. The Kier molecular flexibility index (Phi) is 2.44. The number of benzene rings is 1. The quantitative estimate of drug-likeness (QED) is 0.588. The molecule has 1 aliphatic heterocycles. The number of fused-ring (bicyclic) bond motifs is 2. The molecule has 0 atom stereocenters. The number of nitrogens with one attached hydrogen (secondary N) is 1. The predicted molar refractivity (Wildman–Crippen MR) is 80.3 cm³/mol. The van der Waals surface area contributed by atoms with Crippen LogP contribution in [-0.4, -0.2) is 31.4 Å². The number of carbonyl (C=O) groups excluding carboxylic acids is 2. The fourth-order valence-electron chi connectivity index (χ4n) is 2.73. The van der Waals surface area contributed by atoms with Gasteiger partial charge in [-0.25, -0.2) is 0 Å². The van der Waals surface area contributed by atoms with E-state index >= 15 is 0 Å². The van der Waals surface area contributed by atoms with E-state index in [0.29, 0.717) is 16.7 Å². The van der Waals surface area contributed by atoms with E-state index in [-0.39, 0.29) is 16.9 Å².